The molecule has 2 aliphatic heterocycles. The fraction of sp³-hybridized carbons (Fsp3) is 0.429. The van der Waals surface area contributed by atoms with Crippen LogP contribution in [0.1, 0.15) is 47.4 Å². The van der Waals surface area contributed by atoms with E-state index in [4.69, 9.17) is 0 Å². The van der Waals surface area contributed by atoms with E-state index >= 15 is 0 Å². The number of benzene rings is 1. The molecule has 8 nitrogen and oxygen atoms in total. The number of rotatable bonds is 3. The van der Waals surface area contributed by atoms with Gasteiger partial charge in [0.05, 0.1) is 16.9 Å². The first kappa shape index (κ1) is 20.1. The van der Waals surface area contributed by atoms with Gasteiger partial charge in [-0.05, 0) is 44.4 Å². The zero-order valence-electron chi connectivity index (χ0n) is 17.0. The monoisotopic (exact) mass is 413 g/mol. The average Bonchev–Trinajstić information content (AvgIpc) is 2.73. The molecule has 30 heavy (non-hydrogen) atoms. The van der Waals surface area contributed by atoms with Crippen LogP contribution in [0.25, 0.3) is 0 Å². The minimum absolute atomic E-state index is 0.0819. The van der Waals surface area contributed by atoms with Gasteiger partial charge in [0.2, 0.25) is 5.91 Å². The first-order valence-electron chi connectivity index (χ1n) is 10.0. The number of aromatic amines is 1. The van der Waals surface area contributed by atoms with Crippen molar-refractivity contribution >= 4 is 17.5 Å². The van der Waals surface area contributed by atoms with Crippen molar-refractivity contribution in [2.45, 2.75) is 38.6 Å². The number of hydrogen-bond donors (Lipinski definition) is 3. The summed E-state index contributed by atoms with van der Waals surface area (Å²) in [6, 6.07) is 4.36. The number of piperazine rings is 1. The zero-order chi connectivity index (χ0) is 21.5. The second-order valence-electron chi connectivity index (χ2n) is 8.15. The topological polar surface area (TPSA) is 107 Å². The smallest absolute Gasteiger partial charge is 0.269 e. The first-order chi connectivity index (χ1) is 14.3. The summed E-state index contributed by atoms with van der Waals surface area (Å²) >= 11 is 0. The summed E-state index contributed by atoms with van der Waals surface area (Å²) in [5, 5.41) is 12.7. The minimum atomic E-state index is -1.07. The van der Waals surface area contributed by atoms with Gasteiger partial charge in [-0.25, -0.2) is 9.49 Å². The molecule has 2 aliphatic rings. The van der Waals surface area contributed by atoms with Gasteiger partial charge >= 0.3 is 0 Å². The van der Waals surface area contributed by atoms with Crippen molar-refractivity contribution in [1.29, 1.82) is 0 Å². The lowest BCUT2D eigenvalue weighted by molar-refractivity contribution is -0.133. The molecule has 3 heterocycles. The fourth-order valence-corrected chi connectivity index (χ4v) is 4.02. The molecule has 0 unspecified atom stereocenters. The maximum Gasteiger partial charge on any atom is 0.269 e. The van der Waals surface area contributed by atoms with Gasteiger partial charge in [0.25, 0.3) is 11.5 Å². The highest BCUT2D eigenvalue weighted by Crippen LogP contribution is 2.26. The summed E-state index contributed by atoms with van der Waals surface area (Å²) in [7, 11) is 0. The van der Waals surface area contributed by atoms with Gasteiger partial charge in [0.1, 0.15) is 11.4 Å². The van der Waals surface area contributed by atoms with Crippen molar-refractivity contribution in [1.82, 2.24) is 20.4 Å². The van der Waals surface area contributed by atoms with Gasteiger partial charge in [0, 0.05) is 31.6 Å². The lowest BCUT2D eigenvalue weighted by Gasteiger charge is -2.41. The Hall–Kier alpha value is -3.23. The molecule has 2 amide bonds. The average molecular weight is 413 g/mol. The Labute approximate surface area is 172 Å². The van der Waals surface area contributed by atoms with Crippen LogP contribution in [0.2, 0.25) is 0 Å². The predicted octanol–water partition coefficient (Wildman–Crippen LogP) is 1.21. The lowest BCUT2D eigenvalue weighted by Crippen LogP contribution is -2.63. The standard InChI is InChI=1S/C21H24FN5O3/c1-21(2)20(30)24-8-9-27(21)19(29)14-10-12(5-6-15(14)22)11-16-17-13(4-3-7-23-17)18(28)26-25-16/h5-6,10,23H,3-4,7-9,11H2,1-2H3,(H,24,30)(H,26,28). The number of H-pyrrole nitrogens is 1. The number of fused-ring (bicyclic) bond motifs is 1. The highest BCUT2D eigenvalue weighted by molar-refractivity contribution is 6.00. The summed E-state index contributed by atoms with van der Waals surface area (Å²) in [6.07, 6.45) is 1.87. The second kappa shape index (κ2) is 7.55. The third kappa shape index (κ3) is 3.44. The highest BCUT2D eigenvalue weighted by Gasteiger charge is 2.41. The summed E-state index contributed by atoms with van der Waals surface area (Å²) < 4.78 is 14.6. The van der Waals surface area contributed by atoms with Crippen molar-refractivity contribution in [3.05, 3.63) is 56.8 Å². The summed E-state index contributed by atoms with van der Waals surface area (Å²) in [5.74, 6) is -1.43. The molecule has 0 spiro atoms. The van der Waals surface area contributed by atoms with Crippen molar-refractivity contribution < 1.29 is 14.0 Å². The van der Waals surface area contributed by atoms with Crippen LogP contribution in [0.5, 0.6) is 0 Å². The Morgan fingerprint density at radius 2 is 2.03 bits per heavy atom. The minimum Gasteiger partial charge on any atom is -0.383 e. The molecule has 0 aliphatic carbocycles. The zero-order valence-corrected chi connectivity index (χ0v) is 17.0. The molecule has 1 aromatic heterocycles. The maximum atomic E-state index is 14.6. The lowest BCUT2D eigenvalue weighted by atomic mass is 9.96. The second-order valence-corrected chi connectivity index (χ2v) is 8.15. The van der Waals surface area contributed by atoms with Crippen LogP contribution in [0, 0.1) is 5.82 Å². The molecule has 1 aromatic carbocycles. The van der Waals surface area contributed by atoms with Gasteiger partial charge in [-0.2, -0.15) is 5.10 Å². The molecule has 9 heteroatoms. The van der Waals surface area contributed by atoms with Crippen LogP contribution >= 0.6 is 0 Å². The molecule has 1 fully saturated rings. The highest BCUT2D eigenvalue weighted by atomic mass is 19.1. The number of carbonyl (C=O) groups is 2. The van der Waals surface area contributed by atoms with Crippen molar-refractivity contribution in [3.63, 3.8) is 0 Å². The van der Waals surface area contributed by atoms with Crippen molar-refractivity contribution in [3.8, 4) is 0 Å². The maximum absolute atomic E-state index is 14.6. The van der Waals surface area contributed by atoms with Crippen LogP contribution in [0.4, 0.5) is 10.1 Å². The van der Waals surface area contributed by atoms with Crippen LogP contribution in [0.15, 0.2) is 23.0 Å². The Balaban J connectivity index is 1.66. The van der Waals surface area contributed by atoms with E-state index in [2.05, 4.69) is 20.8 Å². The van der Waals surface area contributed by atoms with E-state index in [1.807, 2.05) is 0 Å². The van der Waals surface area contributed by atoms with E-state index in [1.165, 1.54) is 17.0 Å². The molecule has 0 saturated carbocycles. The quantitative estimate of drug-likeness (QED) is 0.701. The number of anilines is 1. The number of aromatic nitrogens is 2. The summed E-state index contributed by atoms with van der Waals surface area (Å²) in [5.41, 5.74) is 1.37. The number of carbonyl (C=O) groups excluding carboxylic acids is 2. The van der Waals surface area contributed by atoms with E-state index < -0.39 is 17.3 Å². The fourth-order valence-electron chi connectivity index (χ4n) is 4.02. The molecule has 2 aromatic rings. The molecule has 0 bridgehead atoms. The SMILES string of the molecule is CC1(C)C(=O)NCCN1C(=O)c1cc(Cc2n[nH]c(=O)c3c2NCCC3)ccc1F. The summed E-state index contributed by atoms with van der Waals surface area (Å²) in [4.78, 5) is 38.7. The van der Waals surface area contributed by atoms with E-state index in [1.54, 1.807) is 19.9 Å². The van der Waals surface area contributed by atoms with E-state index in [-0.39, 0.29) is 17.0 Å². The number of hydrogen-bond acceptors (Lipinski definition) is 5. The van der Waals surface area contributed by atoms with Crippen LogP contribution in [-0.4, -0.2) is 52.1 Å². The predicted molar refractivity (Wildman–Crippen MR) is 109 cm³/mol. The third-order valence-corrected chi connectivity index (χ3v) is 5.79. The van der Waals surface area contributed by atoms with Crippen LogP contribution in [-0.2, 0) is 17.6 Å². The number of nitrogens with one attached hydrogen (secondary N) is 3. The van der Waals surface area contributed by atoms with Gasteiger partial charge in [-0.15, -0.1) is 0 Å². The molecule has 0 radical (unpaired) electrons. The number of halogens is 1. The largest absolute Gasteiger partial charge is 0.383 e. The molecule has 1 saturated heterocycles. The molecule has 4 rings (SSSR count). The van der Waals surface area contributed by atoms with Gasteiger partial charge in [-0.1, -0.05) is 6.07 Å². The van der Waals surface area contributed by atoms with Crippen molar-refractivity contribution in [2.24, 2.45) is 0 Å². The van der Waals surface area contributed by atoms with E-state index in [0.717, 1.165) is 18.7 Å². The van der Waals surface area contributed by atoms with E-state index in [0.29, 0.717) is 42.8 Å². The number of amides is 2. The first-order valence-corrected chi connectivity index (χ1v) is 10.0. The van der Waals surface area contributed by atoms with Crippen LogP contribution in [0.3, 0.4) is 0 Å². The molecule has 0 atom stereocenters. The Bertz CT molecular complexity index is 1080. The molecule has 3 N–H and O–H groups in total. The normalized spacial score (nSPS) is 17.7. The molecule has 158 valence electrons. The third-order valence-electron chi connectivity index (χ3n) is 5.79. The van der Waals surface area contributed by atoms with Gasteiger partial charge < -0.3 is 15.5 Å². The summed E-state index contributed by atoms with van der Waals surface area (Å²) in [6.45, 7) is 4.67. The molecular formula is C21H24FN5O3. The number of nitrogens with zero attached hydrogens (tertiary/aromatic N) is 2. The van der Waals surface area contributed by atoms with Crippen LogP contribution < -0.4 is 16.2 Å². The Morgan fingerprint density at radius 3 is 2.83 bits per heavy atom. The Kier molecular flexibility index (Phi) is 5.05. The van der Waals surface area contributed by atoms with Gasteiger partial charge in [0.15, 0.2) is 0 Å². The van der Waals surface area contributed by atoms with Crippen molar-refractivity contribution in [2.75, 3.05) is 25.0 Å². The molecular weight excluding hydrogens is 389 g/mol. The Morgan fingerprint density at radius 1 is 1.23 bits per heavy atom. The van der Waals surface area contributed by atoms with E-state index in [9.17, 15) is 18.8 Å². The van der Waals surface area contributed by atoms with Gasteiger partial charge in [-0.3, -0.25) is 14.4 Å².